The second-order valence-corrected chi connectivity index (χ2v) is 4.97. The van der Waals surface area contributed by atoms with Gasteiger partial charge in [-0.1, -0.05) is 6.07 Å². The second kappa shape index (κ2) is 5.51. The van der Waals surface area contributed by atoms with E-state index in [1.165, 1.54) is 5.56 Å². The molecule has 1 atom stereocenters. The standard InChI is InChI=1S/C15H23N3O/c1-4-17(5-2)15(19)11(3)18-10-9-12-13(16)7-6-8-14(12)18/h6-8,11H,4-5,9-10,16H2,1-3H3. The molecule has 1 aliphatic rings. The van der Waals surface area contributed by atoms with E-state index in [-0.39, 0.29) is 11.9 Å². The van der Waals surface area contributed by atoms with E-state index in [4.69, 9.17) is 5.73 Å². The molecule has 4 nitrogen and oxygen atoms in total. The van der Waals surface area contributed by atoms with Crippen molar-refractivity contribution in [3.63, 3.8) is 0 Å². The summed E-state index contributed by atoms with van der Waals surface area (Å²) in [7, 11) is 0. The lowest BCUT2D eigenvalue weighted by molar-refractivity contribution is -0.131. The molecule has 2 rings (SSSR count). The molecular formula is C15H23N3O. The molecule has 0 aromatic heterocycles. The van der Waals surface area contributed by atoms with Crippen LogP contribution in [-0.2, 0) is 11.2 Å². The number of hydrogen-bond acceptors (Lipinski definition) is 3. The van der Waals surface area contributed by atoms with E-state index in [1.807, 2.05) is 37.8 Å². The summed E-state index contributed by atoms with van der Waals surface area (Å²) in [6.07, 6.45) is 0.928. The Morgan fingerprint density at radius 1 is 1.42 bits per heavy atom. The van der Waals surface area contributed by atoms with Crippen molar-refractivity contribution < 1.29 is 4.79 Å². The molecule has 0 bridgehead atoms. The molecule has 0 fully saturated rings. The number of nitrogen functional groups attached to an aromatic ring is 1. The number of anilines is 2. The molecule has 2 N–H and O–H groups in total. The zero-order valence-electron chi connectivity index (χ0n) is 12.0. The first kappa shape index (κ1) is 13.7. The Bertz CT molecular complexity index is 468. The summed E-state index contributed by atoms with van der Waals surface area (Å²) in [5, 5.41) is 0. The van der Waals surface area contributed by atoms with E-state index < -0.39 is 0 Å². The third-order valence-corrected chi connectivity index (χ3v) is 4.00. The number of likely N-dealkylation sites (N-methyl/N-ethyl adjacent to an activating group) is 1. The van der Waals surface area contributed by atoms with Crippen LogP contribution in [-0.4, -0.2) is 36.5 Å². The zero-order valence-corrected chi connectivity index (χ0v) is 12.0. The molecule has 1 amide bonds. The van der Waals surface area contributed by atoms with Crippen LogP contribution in [0.5, 0.6) is 0 Å². The maximum Gasteiger partial charge on any atom is 0.244 e. The van der Waals surface area contributed by atoms with Crippen molar-refractivity contribution in [3.8, 4) is 0 Å². The summed E-state index contributed by atoms with van der Waals surface area (Å²) < 4.78 is 0. The van der Waals surface area contributed by atoms with Gasteiger partial charge in [0, 0.05) is 36.6 Å². The Hall–Kier alpha value is -1.71. The Kier molecular flexibility index (Phi) is 3.98. The number of amides is 1. The van der Waals surface area contributed by atoms with Gasteiger partial charge < -0.3 is 15.5 Å². The van der Waals surface area contributed by atoms with Crippen molar-refractivity contribution in [2.45, 2.75) is 33.2 Å². The number of carbonyl (C=O) groups excluding carboxylic acids is 1. The van der Waals surface area contributed by atoms with Crippen molar-refractivity contribution in [1.29, 1.82) is 0 Å². The average molecular weight is 261 g/mol. The quantitative estimate of drug-likeness (QED) is 0.842. The Morgan fingerprint density at radius 3 is 2.74 bits per heavy atom. The maximum atomic E-state index is 12.4. The highest BCUT2D eigenvalue weighted by molar-refractivity contribution is 5.86. The average Bonchev–Trinajstić information content (AvgIpc) is 2.84. The third-order valence-electron chi connectivity index (χ3n) is 4.00. The van der Waals surface area contributed by atoms with Gasteiger partial charge >= 0.3 is 0 Å². The van der Waals surface area contributed by atoms with Crippen LogP contribution in [0.4, 0.5) is 11.4 Å². The molecule has 104 valence electrons. The van der Waals surface area contributed by atoms with Crippen LogP contribution in [0.2, 0.25) is 0 Å². The van der Waals surface area contributed by atoms with E-state index in [2.05, 4.69) is 11.0 Å². The van der Waals surface area contributed by atoms with Crippen LogP contribution in [0.25, 0.3) is 0 Å². The number of rotatable bonds is 4. The molecule has 0 saturated carbocycles. The van der Waals surface area contributed by atoms with E-state index >= 15 is 0 Å². The first-order valence-electron chi connectivity index (χ1n) is 7.02. The van der Waals surface area contributed by atoms with Crippen molar-refractivity contribution in [2.24, 2.45) is 0 Å². The summed E-state index contributed by atoms with van der Waals surface area (Å²) >= 11 is 0. The lowest BCUT2D eigenvalue weighted by Crippen LogP contribution is -2.46. The second-order valence-electron chi connectivity index (χ2n) is 4.97. The Balaban J connectivity index is 2.22. The molecule has 1 aromatic carbocycles. The molecule has 0 aliphatic carbocycles. The molecular weight excluding hydrogens is 238 g/mol. The SMILES string of the molecule is CCN(CC)C(=O)C(C)N1CCc2c(N)cccc21. The molecule has 19 heavy (non-hydrogen) atoms. The topological polar surface area (TPSA) is 49.6 Å². The fourth-order valence-corrected chi connectivity index (χ4v) is 2.82. The van der Waals surface area contributed by atoms with E-state index in [0.29, 0.717) is 0 Å². The number of nitrogens with two attached hydrogens (primary N) is 1. The van der Waals surface area contributed by atoms with Crippen molar-refractivity contribution >= 4 is 17.3 Å². The fraction of sp³-hybridized carbons (Fsp3) is 0.533. The van der Waals surface area contributed by atoms with Crippen LogP contribution >= 0.6 is 0 Å². The number of hydrogen-bond donors (Lipinski definition) is 1. The van der Waals surface area contributed by atoms with E-state index in [1.54, 1.807) is 0 Å². The van der Waals surface area contributed by atoms with Gasteiger partial charge in [0.05, 0.1) is 0 Å². The Morgan fingerprint density at radius 2 is 2.11 bits per heavy atom. The number of nitrogens with zero attached hydrogens (tertiary/aromatic N) is 2. The normalized spacial score (nSPS) is 15.2. The molecule has 1 unspecified atom stereocenters. The summed E-state index contributed by atoms with van der Waals surface area (Å²) in [4.78, 5) is 16.5. The highest BCUT2D eigenvalue weighted by atomic mass is 16.2. The van der Waals surface area contributed by atoms with Gasteiger partial charge in [-0.3, -0.25) is 4.79 Å². The Labute approximate surface area is 115 Å². The van der Waals surface area contributed by atoms with E-state index in [0.717, 1.165) is 37.4 Å². The van der Waals surface area contributed by atoms with Crippen LogP contribution in [0.15, 0.2) is 18.2 Å². The molecule has 1 heterocycles. The summed E-state index contributed by atoms with van der Waals surface area (Å²) in [5.41, 5.74) is 9.14. The summed E-state index contributed by atoms with van der Waals surface area (Å²) in [6.45, 7) is 8.42. The van der Waals surface area contributed by atoms with Gasteiger partial charge in [0.15, 0.2) is 0 Å². The summed E-state index contributed by atoms with van der Waals surface area (Å²) in [5.74, 6) is 0.195. The van der Waals surface area contributed by atoms with Gasteiger partial charge in [-0.15, -0.1) is 0 Å². The minimum Gasteiger partial charge on any atom is -0.398 e. The number of carbonyl (C=O) groups is 1. The van der Waals surface area contributed by atoms with Gasteiger partial charge in [0.2, 0.25) is 5.91 Å². The van der Waals surface area contributed by atoms with Crippen molar-refractivity contribution in [1.82, 2.24) is 4.90 Å². The largest absolute Gasteiger partial charge is 0.398 e. The van der Waals surface area contributed by atoms with Crippen molar-refractivity contribution in [3.05, 3.63) is 23.8 Å². The van der Waals surface area contributed by atoms with Crippen LogP contribution < -0.4 is 10.6 Å². The highest BCUT2D eigenvalue weighted by Crippen LogP contribution is 2.33. The van der Waals surface area contributed by atoms with Gasteiger partial charge in [0.1, 0.15) is 6.04 Å². The van der Waals surface area contributed by atoms with Gasteiger partial charge in [-0.05, 0) is 39.3 Å². The first-order chi connectivity index (χ1) is 9.10. The van der Waals surface area contributed by atoms with E-state index in [9.17, 15) is 4.79 Å². The predicted octanol–water partition coefficient (Wildman–Crippen LogP) is 1.89. The van der Waals surface area contributed by atoms with Gasteiger partial charge in [-0.2, -0.15) is 0 Å². The minimum atomic E-state index is -0.122. The number of benzene rings is 1. The van der Waals surface area contributed by atoms with Crippen LogP contribution in [0.1, 0.15) is 26.3 Å². The lowest BCUT2D eigenvalue weighted by Gasteiger charge is -2.31. The minimum absolute atomic E-state index is 0.122. The molecule has 1 aromatic rings. The maximum absolute atomic E-state index is 12.4. The molecule has 0 radical (unpaired) electrons. The number of fused-ring (bicyclic) bond motifs is 1. The molecule has 0 saturated heterocycles. The lowest BCUT2D eigenvalue weighted by atomic mass is 10.1. The monoisotopic (exact) mass is 261 g/mol. The van der Waals surface area contributed by atoms with Gasteiger partial charge in [-0.25, -0.2) is 0 Å². The first-order valence-corrected chi connectivity index (χ1v) is 7.02. The smallest absolute Gasteiger partial charge is 0.244 e. The van der Waals surface area contributed by atoms with Crippen LogP contribution in [0, 0.1) is 0 Å². The molecule has 4 heteroatoms. The predicted molar refractivity (Wildman–Crippen MR) is 79.3 cm³/mol. The highest BCUT2D eigenvalue weighted by Gasteiger charge is 2.30. The third kappa shape index (κ3) is 2.39. The van der Waals surface area contributed by atoms with Gasteiger partial charge in [0.25, 0.3) is 0 Å². The molecule has 1 aliphatic heterocycles. The summed E-state index contributed by atoms with van der Waals surface area (Å²) in [6, 6.07) is 5.83. The zero-order chi connectivity index (χ0) is 14.0. The fourth-order valence-electron chi connectivity index (χ4n) is 2.82. The molecule has 0 spiro atoms. The van der Waals surface area contributed by atoms with Crippen molar-refractivity contribution in [2.75, 3.05) is 30.3 Å². The van der Waals surface area contributed by atoms with Crippen LogP contribution in [0.3, 0.4) is 0 Å².